The molecule has 0 aliphatic carbocycles. The Kier molecular flexibility index (Phi) is 4.06. The second-order valence-electron chi connectivity index (χ2n) is 5.02. The lowest BCUT2D eigenvalue weighted by molar-refractivity contribution is -0.143. The number of carbonyl (C=O) groups excluding carboxylic acids is 1. The first kappa shape index (κ1) is 13.1. The van der Waals surface area contributed by atoms with Crippen LogP contribution in [0.25, 0.3) is 0 Å². The molecule has 0 aromatic heterocycles. The number of aliphatic carboxylic acids is 1. The van der Waals surface area contributed by atoms with Crippen LogP contribution in [-0.2, 0) is 9.53 Å². The third kappa shape index (κ3) is 2.75. The molecule has 102 valence electrons. The number of carboxylic acid groups (broad SMARTS) is 1. The number of nitrogens with zero attached hydrogens (tertiary/aromatic N) is 2. The van der Waals surface area contributed by atoms with Crippen LogP contribution in [0.15, 0.2) is 0 Å². The summed E-state index contributed by atoms with van der Waals surface area (Å²) in [6, 6.07) is 0.0215. The van der Waals surface area contributed by atoms with Crippen LogP contribution in [0.3, 0.4) is 0 Å². The van der Waals surface area contributed by atoms with Gasteiger partial charge in [0.15, 0.2) is 0 Å². The van der Waals surface area contributed by atoms with Crippen LogP contribution in [0.2, 0.25) is 0 Å². The first-order chi connectivity index (χ1) is 8.59. The van der Waals surface area contributed by atoms with E-state index in [-0.39, 0.29) is 12.1 Å². The summed E-state index contributed by atoms with van der Waals surface area (Å²) in [5.41, 5.74) is 0. The predicted molar refractivity (Wildman–Crippen MR) is 64.3 cm³/mol. The van der Waals surface area contributed by atoms with E-state index in [4.69, 9.17) is 9.84 Å². The SMILES string of the molecule is CC1COCCN1C(=O)N1CCC[C@@H](C(=O)O)C1. The van der Waals surface area contributed by atoms with Gasteiger partial charge in [0.1, 0.15) is 0 Å². The highest BCUT2D eigenvalue weighted by Crippen LogP contribution is 2.19. The second-order valence-corrected chi connectivity index (χ2v) is 5.02. The molecular weight excluding hydrogens is 236 g/mol. The molecule has 2 fully saturated rings. The van der Waals surface area contributed by atoms with E-state index in [0.717, 1.165) is 6.42 Å². The Morgan fingerprint density at radius 1 is 1.33 bits per heavy atom. The van der Waals surface area contributed by atoms with E-state index in [9.17, 15) is 9.59 Å². The van der Waals surface area contributed by atoms with Crippen LogP contribution in [0, 0.1) is 5.92 Å². The fraction of sp³-hybridized carbons (Fsp3) is 0.833. The lowest BCUT2D eigenvalue weighted by Crippen LogP contribution is -2.55. The number of rotatable bonds is 1. The van der Waals surface area contributed by atoms with Gasteiger partial charge in [-0.2, -0.15) is 0 Å². The molecule has 2 rings (SSSR count). The molecule has 0 aromatic carbocycles. The summed E-state index contributed by atoms with van der Waals surface area (Å²) in [5, 5.41) is 9.03. The first-order valence-corrected chi connectivity index (χ1v) is 6.45. The van der Waals surface area contributed by atoms with Gasteiger partial charge in [-0.3, -0.25) is 4.79 Å². The lowest BCUT2D eigenvalue weighted by Gasteiger charge is -2.39. The van der Waals surface area contributed by atoms with Gasteiger partial charge in [-0.25, -0.2) is 4.79 Å². The van der Waals surface area contributed by atoms with Gasteiger partial charge >= 0.3 is 12.0 Å². The van der Waals surface area contributed by atoms with Gasteiger partial charge in [0.2, 0.25) is 0 Å². The van der Waals surface area contributed by atoms with E-state index in [1.54, 1.807) is 9.80 Å². The minimum absolute atomic E-state index is 0.0447. The molecule has 2 amide bonds. The number of hydrogen-bond acceptors (Lipinski definition) is 3. The zero-order chi connectivity index (χ0) is 13.1. The maximum absolute atomic E-state index is 12.3. The summed E-state index contributed by atoms with van der Waals surface area (Å²) in [7, 11) is 0. The Morgan fingerprint density at radius 2 is 2.11 bits per heavy atom. The van der Waals surface area contributed by atoms with Gasteiger partial charge in [-0.15, -0.1) is 0 Å². The van der Waals surface area contributed by atoms with Crippen molar-refractivity contribution >= 4 is 12.0 Å². The Labute approximate surface area is 106 Å². The van der Waals surface area contributed by atoms with Crippen molar-refractivity contribution in [3.05, 3.63) is 0 Å². The Bertz CT molecular complexity index is 334. The number of likely N-dealkylation sites (tertiary alicyclic amines) is 1. The van der Waals surface area contributed by atoms with Crippen molar-refractivity contribution in [3.63, 3.8) is 0 Å². The molecule has 0 bridgehead atoms. The van der Waals surface area contributed by atoms with Crippen molar-refractivity contribution in [2.75, 3.05) is 32.8 Å². The normalized spacial score (nSPS) is 29.2. The van der Waals surface area contributed by atoms with Gasteiger partial charge in [-0.05, 0) is 19.8 Å². The summed E-state index contributed by atoms with van der Waals surface area (Å²) >= 11 is 0. The minimum Gasteiger partial charge on any atom is -0.481 e. The fourth-order valence-corrected chi connectivity index (χ4v) is 2.55. The summed E-state index contributed by atoms with van der Waals surface area (Å²) in [6.45, 7) is 4.66. The van der Waals surface area contributed by atoms with Crippen LogP contribution >= 0.6 is 0 Å². The monoisotopic (exact) mass is 256 g/mol. The van der Waals surface area contributed by atoms with E-state index < -0.39 is 11.9 Å². The van der Waals surface area contributed by atoms with E-state index in [0.29, 0.717) is 39.3 Å². The average Bonchev–Trinajstić information content (AvgIpc) is 2.38. The lowest BCUT2D eigenvalue weighted by atomic mass is 9.98. The molecule has 6 heteroatoms. The Morgan fingerprint density at radius 3 is 2.78 bits per heavy atom. The van der Waals surface area contributed by atoms with Crippen LogP contribution in [0.4, 0.5) is 4.79 Å². The minimum atomic E-state index is -0.803. The molecule has 2 atom stereocenters. The molecule has 1 unspecified atom stereocenters. The van der Waals surface area contributed by atoms with Crippen LogP contribution < -0.4 is 0 Å². The molecule has 0 radical (unpaired) electrons. The number of ether oxygens (including phenoxy) is 1. The summed E-state index contributed by atoms with van der Waals surface area (Å²) in [4.78, 5) is 26.8. The molecule has 0 aromatic rings. The van der Waals surface area contributed by atoms with Crippen molar-refractivity contribution in [1.29, 1.82) is 0 Å². The molecule has 2 heterocycles. The van der Waals surface area contributed by atoms with Gasteiger partial charge in [0, 0.05) is 19.6 Å². The number of amides is 2. The van der Waals surface area contributed by atoms with Crippen molar-refractivity contribution in [1.82, 2.24) is 9.80 Å². The number of carboxylic acids is 1. The highest BCUT2D eigenvalue weighted by molar-refractivity contribution is 5.77. The van der Waals surface area contributed by atoms with Crippen molar-refractivity contribution in [2.45, 2.75) is 25.8 Å². The molecule has 2 aliphatic heterocycles. The van der Waals surface area contributed by atoms with Crippen LogP contribution in [0.1, 0.15) is 19.8 Å². The Hall–Kier alpha value is -1.30. The van der Waals surface area contributed by atoms with Crippen molar-refractivity contribution in [3.8, 4) is 0 Å². The molecular formula is C12H20N2O4. The first-order valence-electron chi connectivity index (χ1n) is 6.45. The highest BCUT2D eigenvalue weighted by atomic mass is 16.5. The molecule has 0 spiro atoms. The van der Waals surface area contributed by atoms with Crippen LogP contribution in [0.5, 0.6) is 0 Å². The molecule has 1 N–H and O–H groups in total. The zero-order valence-corrected chi connectivity index (χ0v) is 10.7. The summed E-state index contributed by atoms with van der Waals surface area (Å²) in [6.07, 6.45) is 1.43. The maximum atomic E-state index is 12.3. The molecule has 2 saturated heterocycles. The second kappa shape index (κ2) is 5.56. The van der Waals surface area contributed by atoms with Crippen molar-refractivity contribution in [2.24, 2.45) is 5.92 Å². The van der Waals surface area contributed by atoms with Gasteiger partial charge < -0.3 is 19.6 Å². The average molecular weight is 256 g/mol. The smallest absolute Gasteiger partial charge is 0.320 e. The number of hydrogen-bond donors (Lipinski definition) is 1. The van der Waals surface area contributed by atoms with Gasteiger partial charge in [0.25, 0.3) is 0 Å². The maximum Gasteiger partial charge on any atom is 0.320 e. The number of carbonyl (C=O) groups is 2. The molecule has 2 aliphatic rings. The van der Waals surface area contributed by atoms with E-state index >= 15 is 0 Å². The topological polar surface area (TPSA) is 70.1 Å². The quantitative estimate of drug-likeness (QED) is 0.747. The van der Waals surface area contributed by atoms with Crippen LogP contribution in [-0.4, -0.2) is 65.8 Å². The largest absolute Gasteiger partial charge is 0.481 e. The fourth-order valence-electron chi connectivity index (χ4n) is 2.55. The standard InChI is InChI=1S/C12H20N2O4/c1-9-8-18-6-5-14(9)12(17)13-4-2-3-10(7-13)11(15)16/h9-10H,2-8H2,1H3,(H,15,16)/t9?,10-/m1/s1. The number of urea groups is 1. The highest BCUT2D eigenvalue weighted by Gasteiger charge is 2.33. The summed E-state index contributed by atoms with van der Waals surface area (Å²) < 4.78 is 5.30. The third-order valence-electron chi connectivity index (χ3n) is 3.65. The van der Waals surface area contributed by atoms with E-state index in [1.807, 2.05) is 6.92 Å². The van der Waals surface area contributed by atoms with E-state index in [1.165, 1.54) is 0 Å². The zero-order valence-electron chi connectivity index (χ0n) is 10.7. The molecule has 0 saturated carbocycles. The molecule has 6 nitrogen and oxygen atoms in total. The van der Waals surface area contributed by atoms with Gasteiger partial charge in [-0.1, -0.05) is 0 Å². The number of piperidine rings is 1. The third-order valence-corrected chi connectivity index (χ3v) is 3.65. The van der Waals surface area contributed by atoms with E-state index in [2.05, 4.69) is 0 Å². The van der Waals surface area contributed by atoms with Crippen molar-refractivity contribution < 1.29 is 19.4 Å². The predicted octanol–water partition coefficient (Wildman–Crippen LogP) is 0.624. The summed E-state index contributed by atoms with van der Waals surface area (Å²) in [5.74, 6) is -1.22. The Balaban J connectivity index is 1.97. The van der Waals surface area contributed by atoms with Gasteiger partial charge in [0.05, 0.1) is 25.2 Å². The molecule has 18 heavy (non-hydrogen) atoms. The number of morpholine rings is 1.